The molecule has 0 spiro atoms. The highest BCUT2D eigenvalue weighted by molar-refractivity contribution is 7.89. The van der Waals surface area contributed by atoms with Gasteiger partial charge in [-0.2, -0.15) is 3.97 Å². The number of hydrogen-bond acceptors (Lipinski definition) is 6. The highest BCUT2D eigenvalue weighted by atomic mass is 32.2. The van der Waals surface area contributed by atoms with E-state index in [-0.39, 0.29) is 12.5 Å². The molecule has 0 aliphatic heterocycles. The second-order valence-corrected chi connectivity index (χ2v) is 9.57. The lowest BCUT2D eigenvalue weighted by Crippen LogP contribution is -2.32. The molecule has 2 heterocycles. The maximum Gasteiger partial charge on any atom is 0.253 e. The number of carbonyl (C=O) groups excluding carboxylic acids is 2. The summed E-state index contributed by atoms with van der Waals surface area (Å²) in [4.78, 5) is 29.0. The third-order valence-electron chi connectivity index (χ3n) is 5.04. The van der Waals surface area contributed by atoms with E-state index in [0.717, 1.165) is 27.9 Å². The van der Waals surface area contributed by atoms with Gasteiger partial charge in [-0.15, -0.1) is 11.3 Å². The average Bonchev–Trinajstić information content (AvgIpc) is 3.53. The van der Waals surface area contributed by atoms with Crippen LogP contribution in [-0.4, -0.2) is 38.1 Å². The Morgan fingerprint density at radius 2 is 1.85 bits per heavy atom. The minimum Gasteiger partial charge on any atom is -0.593 e. The number of anilines is 1. The van der Waals surface area contributed by atoms with Crippen molar-refractivity contribution in [1.29, 1.82) is 0 Å². The Balaban J connectivity index is 1.37. The molecular weight excluding hydrogens is 470 g/mol. The predicted octanol–water partition coefficient (Wildman–Crippen LogP) is 3.25. The summed E-state index contributed by atoms with van der Waals surface area (Å²) in [5.41, 5.74) is 11.0. The van der Waals surface area contributed by atoms with E-state index in [1.807, 2.05) is 47.8 Å². The molecule has 174 valence electrons. The normalized spacial score (nSPS) is 11.7. The first kappa shape index (κ1) is 23.7. The summed E-state index contributed by atoms with van der Waals surface area (Å²) in [6.07, 6.45) is 4.52. The molecule has 1 atom stereocenters. The van der Waals surface area contributed by atoms with Crippen molar-refractivity contribution in [2.45, 2.75) is 6.54 Å². The largest absolute Gasteiger partial charge is 0.593 e. The molecule has 0 saturated carbocycles. The van der Waals surface area contributed by atoms with Gasteiger partial charge in [-0.1, -0.05) is 36.4 Å². The van der Waals surface area contributed by atoms with E-state index >= 15 is 0 Å². The molecular formula is C24H23N5O3S2. The molecule has 1 unspecified atom stereocenters. The van der Waals surface area contributed by atoms with Crippen LogP contribution in [0.2, 0.25) is 0 Å². The number of nitrogens with two attached hydrogens (primary N) is 1. The number of nitrogens with zero attached hydrogens (tertiary/aromatic N) is 2. The maximum atomic E-state index is 12.3. The first-order valence-corrected chi connectivity index (χ1v) is 12.8. The monoisotopic (exact) mass is 493 g/mol. The van der Waals surface area contributed by atoms with Crippen LogP contribution in [0.1, 0.15) is 15.9 Å². The minimum atomic E-state index is -1.25. The van der Waals surface area contributed by atoms with Gasteiger partial charge in [0.1, 0.15) is 6.26 Å². The highest BCUT2D eigenvalue weighted by Crippen LogP contribution is 2.29. The number of carbonyl (C=O) groups is 2. The van der Waals surface area contributed by atoms with Crippen LogP contribution in [0.15, 0.2) is 72.4 Å². The second-order valence-electron chi connectivity index (χ2n) is 7.44. The summed E-state index contributed by atoms with van der Waals surface area (Å²) in [5.74, 6) is -0.810. The summed E-state index contributed by atoms with van der Waals surface area (Å²) >= 11 is 0.0619. The Kier molecular flexibility index (Phi) is 7.43. The van der Waals surface area contributed by atoms with E-state index in [9.17, 15) is 14.1 Å². The number of amides is 2. The van der Waals surface area contributed by atoms with Crippen LogP contribution in [0.4, 0.5) is 5.13 Å². The molecule has 0 fully saturated rings. The van der Waals surface area contributed by atoms with Gasteiger partial charge in [-0.25, -0.2) is 4.98 Å². The lowest BCUT2D eigenvalue weighted by molar-refractivity contribution is -0.115. The fraction of sp³-hybridized carbons (Fsp3) is 0.125. The van der Waals surface area contributed by atoms with Crippen molar-refractivity contribution in [2.75, 3.05) is 18.1 Å². The van der Waals surface area contributed by atoms with Crippen LogP contribution in [0.3, 0.4) is 0 Å². The molecule has 0 bridgehead atoms. The minimum absolute atomic E-state index is 0.207. The highest BCUT2D eigenvalue weighted by Gasteiger charge is 2.13. The van der Waals surface area contributed by atoms with Crippen molar-refractivity contribution in [3.05, 3.63) is 83.5 Å². The maximum absolute atomic E-state index is 12.3. The van der Waals surface area contributed by atoms with E-state index < -0.39 is 17.3 Å². The lowest BCUT2D eigenvalue weighted by Gasteiger charge is -2.06. The van der Waals surface area contributed by atoms with Crippen molar-refractivity contribution in [1.82, 2.24) is 14.3 Å². The molecule has 10 heteroatoms. The Morgan fingerprint density at radius 1 is 1.12 bits per heavy atom. The summed E-state index contributed by atoms with van der Waals surface area (Å²) in [6.45, 7) is 0.274. The molecule has 4 rings (SSSR count). The van der Waals surface area contributed by atoms with Crippen LogP contribution in [-0.2, 0) is 22.7 Å². The second kappa shape index (κ2) is 10.7. The molecule has 2 aromatic carbocycles. The Bertz CT molecular complexity index is 1320. The van der Waals surface area contributed by atoms with Gasteiger partial charge in [0.2, 0.25) is 5.91 Å². The molecule has 0 aliphatic carbocycles. The van der Waals surface area contributed by atoms with Gasteiger partial charge in [-0.05, 0) is 34.9 Å². The van der Waals surface area contributed by atoms with Crippen molar-refractivity contribution in [2.24, 2.45) is 5.73 Å². The average molecular weight is 494 g/mol. The quantitative estimate of drug-likeness (QED) is 0.325. The van der Waals surface area contributed by atoms with E-state index in [1.54, 1.807) is 12.3 Å². The molecule has 0 saturated heterocycles. The summed E-state index contributed by atoms with van der Waals surface area (Å²) in [5, 5.41) is 7.57. The van der Waals surface area contributed by atoms with Crippen LogP contribution in [0, 0.1) is 0 Å². The van der Waals surface area contributed by atoms with E-state index in [4.69, 9.17) is 5.73 Å². The number of nitrogens with one attached hydrogen (secondary N) is 2. The molecule has 2 amide bonds. The van der Waals surface area contributed by atoms with Gasteiger partial charge >= 0.3 is 0 Å². The van der Waals surface area contributed by atoms with E-state index in [2.05, 4.69) is 21.7 Å². The fourth-order valence-corrected chi connectivity index (χ4v) is 4.53. The summed E-state index contributed by atoms with van der Waals surface area (Å²) in [6, 6.07) is 17.6. The van der Waals surface area contributed by atoms with Gasteiger partial charge in [0.15, 0.2) is 5.13 Å². The number of aromatic nitrogens is 2. The van der Waals surface area contributed by atoms with Gasteiger partial charge < -0.3 is 20.9 Å². The molecule has 0 aliphatic rings. The molecule has 4 N–H and O–H groups in total. The van der Waals surface area contributed by atoms with Crippen molar-refractivity contribution in [3.8, 4) is 22.4 Å². The number of thiazole rings is 1. The topological polar surface area (TPSA) is 125 Å². The standard InChI is InChI=1S/C24H23N5O3S2/c1-34(32)29-9-8-20(14-29)23(31)26-13-22(30)28-24-27-21(15-33-24)19-7-3-6-18(11-19)17-5-2-4-16(10-17)12-25/h2-11,14-15H,12-13,25H2,1H3,(H,26,31)(H,27,28,30). The Morgan fingerprint density at radius 3 is 2.59 bits per heavy atom. The van der Waals surface area contributed by atoms with Crippen LogP contribution < -0.4 is 16.4 Å². The third kappa shape index (κ3) is 5.72. The molecule has 2 aromatic heterocycles. The molecule has 8 nitrogen and oxygen atoms in total. The smallest absolute Gasteiger partial charge is 0.253 e. The Labute approximate surface area is 204 Å². The third-order valence-corrected chi connectivity index (χ3v) is 6.62. The van der Waals surface area contributed by atoms with Crippen LogP contribution in [0.5, 0.6) is 0 Å². The lowest BCUT2D eigenvalue weighted by atomic mass is 10.0. The van der Waals surface area contributed by atoms with Crippen molar-refractivity contribution in [3.63, 3.8) is 0 Å². The number of benzene rings is 2. The van der Waals surface area contributed by atoms with Crippen LogP contribution >= 0.6 is 11.3 Å². The summed E-state index contributed by atoms with van der Waals surface area (Å²) in [7, 11) is 0. The number of rotatable bonds is 8. The van der Waals surface area contributed by atoms with E-state index in [1.165, 1.54) is 27.8 Å². The first-order valence-electron chi connectivity index (χ1n) is 10.4. The van der Waals surface area contributed by atoms with E-state index in [0.29, 0.717) is 17.2 Å². The molecule has 0 radical (unpaired) electrons. The number of hydrogen-bond donors (Lipinski definition) is 3. The Hall–Kier alpha value is -3.44. The SMILES string of the molecule is C[S+]([O-])n1ccc(C(=O)NCC(=O)Nc2nc(-c3cccc(-c4cccc(CN)c4)c3)cs2)c1. The van der Waals surface area contributed by atoms with Crippen LogP contribution in [0.25, 0.3) is 22.4 Å². The fourth-order valence-electron chi connectivity index (χ4n) is 3.30. The van der Waals surface area contributed by atoms with Gasteiger partial charge in [0.25, 0.3) is 5.91 Å². The summed E-state index contributed by atoms with van der Waals surface area (Å²) < 4.78 is 12.9. The predicted molar refractivity (Wildman–Crippen MR) is 136 cm³/mol. The van der Waals surface area contributed by atoms with Gasteiger partial charge in [-0.3, -0.25) is 9.59 Å². The molecule has 34 heavy (non-hydrogen) atoms. The van der Waals surface area contributed by atoms with Crippen molar-refractivity contribution < 1.29 is 14.1 Å². The zero-order chi connectivity index (χ0) is 24.1. The first-order chi connectivity index (χ1) is 16.4. The van der Waals surface area contributed by atoms with Crippen molar-refractivity contribution >= 4 is 39.6 Å². The zero-order valence-corrected chi connectivity index (χ0v) is 20.0. The zero-order valence-electron chi connectivity index (χ0n) is 18.4. The van der Waals surface area contributed by atoms with Gasteiger partial charge in [0.05, 0.1) is 41.6 Å². The van der Waals surface area contributed by atoms with Gasteiger partial charge in [0, 0.05) is 17.5 Å². The molecule has 4 aromatic rings.